The zero-order valence-electron chi connectivity index (χ0n) is 7.14. The fraction of sp³-hybridized carbons (Fsp3) is 0.778. The van der Waals surface area contributed by atoms with Crippen molar-refractivity contribution in [3.63, 3.8) is 0 Å². The number of nitrogens with one attached hydrogen (secondary N) is 1. The van der Waals surface area contributed by atoms with Crippen molar-refractivity contribution in [1.29, 1.82) is 0 Å². The van der Waals surface area contributed by atoms with Crippen molar-refractivity contribution in [2.75, 3.05) is 7.05 Å². The van der Waals surface area contributed by atoms with Crippen LogP contribution in [0.15, 0.2) is 12.7 Å². The zero-order valence-corrected chi connectivity index (χ0v) is 7.14. The highest BCUT2D eigenvalue weighted by molar-refractivity contribution is 5.05. The van der Waals surface area contributed by atoms with Crippen LogP contribution in [0.1, 0.15) is 25.7 Å². The fourth-order valence-electron chi connectivity index (χ4n) is 1.82. The van der Waals surface area contributed by atoms with E-state index < -0.39 is 5.60 Å². The lowest BCUT2D eigenvalue weighted by atomic mass is 9.80. The van der Waals surface area contributed by atoms with E-state index in [-0.39, 0.29) is 6.04 Å². The Morgan fingerprint density at radius 1 is 1.64 bits per heavy atom. The summed E-state index contributed by atoms with van der Waals surface area (Å²) in [6.45, 7) is 3.66. The van der Waals surface area contributed by atoms with Gasteiger partial charge in [-0.2, -0.15) is 0 Å². The van der Waals surface area contributed by atoms with Gasteiger partial charge in [0.2, 0.25) is 0 Å². The molecule has 0 spiro atoms. The number of likely N-dealkylation sites (N-methyl/N-ethyl adjacent to an activating group) is 1. The second-order valence-corrected chi connectivity index (χ2v) is 3.28. The molecule has 1 aliphatic carbocycles. The Kier molecular flexibility index (Phi) is 2.68. The Morgan fingerprint density at radius 2 is 2.36 bits per heavy atom. The van der Waals surface area contributed by atoms with E-state index in [1.54, 1.807) is 6.08 Å². The first-order chi connectivity index (χ1) is 5.23. The van der Waals surface area contributed by atoms with Crippen LogP contribution in [0.3, 0.4) is 0 Å². The smallest absolute Gasteiger partial charge is 0.0977 e. The predicted molar refractivity (Wildman–Crippen MR) is 46.5 cm³/mol. The molecule has 0 unspecified atom stereocenters. The fourth-order valence-corrected chi connectivity index (χ4v) is 1.82. The van der Waals surface area contributed by atoms with Crippen LogP contribution in [0, 0.1) is 0 Å². The monoisotopic (exact) mass is 155 g/mol. The average Bonchev–Trinajstić information content (AvgIpc) is 2.05. The van der Waals surface area contributed by atoms with Crippen LogP contribution in [-0.4, -0.2) is 23.8 Å². The molecule has 0 aromatic rings. The summed E-state index contributed by atoms with van der Waals surface area (Å²) in [5.74, 6) is 0. The van der Waals surface area contributed by atoms with E-state index in [9.17, 15) is 5.11 Å². The van der Waals surface area contributed by atoms with Crippen LogP contribution in [0.2, 0.25) is 0 Å². The van der Waals surface area contributed by atoms with Gasteiger partial charge in [-0.1, -0.05) is 18.9 Å². The quantitative estimate of drug-likeness (QED) is 0.584. The predicted octanol–water partition coefficient (Wildman–Crippen LogP) is 1.07. The molecular formula is C9H17NO. The highest BCUT2D eigenvalue weighted by Gasteiger charge is 2.34. The Bertz CT molecular complexity index is 146. The Balaban J connectivity index is 2.64. The van der Waals surface area contributed by atoms with Crippen molar-refractivity contribution in [3.8, 4) is 0 Å². The molecule has 1 fully saturated rings. The third kappa shape index (κ3) is 1.63. The topological polar surface area (TPSA) is 32.3 Å². The van der Waals surface area contributed by atoms with E-state index in [2.05, 4.69) is 11.9 Å². The molecule has 2 atom stereocenters. The lowest BCUT2D eigenvalue weighted by Crippen LogP contribution is -2.50. The molecule has 2 N–H and O–H groups in total. The van der Waals surface area contributed by atoms with Gasteiger partial charge >= 0.3 is 0 Å². The Labute approximate surface area is 68.3 Å². The van der Waals surface area contributed by atoms with Crippen molar-refractivity contribution in [2.24, 2.45) is 0 Å². The molecule has 1 saturated carbocycles. The van der Waals surface area contributed by atoms with Crippen molar-refractivity contribution in [2.45, 2.75) is 37.3 Å². The third-order valence-electron chi connectivity index (χ3n) is 2.63. The number of rotatable bonds is 2. The van der Waals surface area contributed by atoms with Crippen molar-refractivity contribution >= 4 is 0 Å². The highest BCUT2D eigenvalue weighted by atomic mass is 16.3. The first-order valence-corrected chi connectivity index (χ1v) is 4.26. The molecule has 11 heavy (non-hydrogen) atoms. The number of hydrogen-bond donors (Lipinski definition) is 2. The van der Waals surface area contributed by atoms with E-state index in [0.29, 0.717) is 0 Å². The van der Waals surface area contributed by atoms with E-state index in [0.717, 1.165) is 19.3 Å². The van der Waals surface area contributed by atoms with Crippen LogP contribution in [0.4, 0.5) is 0 Å². The van der Waals surface area contributed by atoms with E-state index in [1.165, 1.54) is 6.42 Å². The highest BCUT2D eigenvalue weighted by Crippen LogP contribution is 2.28. The molecular weight excluding hydrogens is 138 g/mol. The van der Waals surface area contributed by atoms with Crippen LogP contribution in [0.5, 0.6) is 0 Å². The van der Waals surface area contributed by atoms with Crippen LogP contribution in [-0.2, 0) is 0 Å². The molecule has 0 radical (unpaired) electrons. The Morgan fingerprint density at radius 3 is 2.82 bits per heavy atom. The number of aliphatic hydroxyl groups is 1. The van der Waals surface area contributed by atoms with Gasteiger partial charge in [0, 0.05) is 6.04 Å². The van der Waals surface area contributed by atoms with Gasteiger partial charge in [0.25, 0.3) is 0 Å². The van der Waals surface area contributed by atoms with E-state index in [4.69, 9.17) is 0 Å². The Hall–Kier alpha value is -0.340. The van der Waals surface area contributed by atoms with Crippen molar-refractivity contribution < 1.29 is 5.11 Å². The first kappa shape index (κ1) is 8.75. The van der Waals surface area contributed by atoms with Gasteiger partial charge in [0.15, 0.2) is 0 Å². The second-order valence-electron chi connectivity index (χ2n) is 3.28. The molecule has 0 aromatic carbocycles. The van der Waals surface area contributed by atoms with Gasteiger partial charge in [-0.3, -0.25) is 0 Å². The minimum absolute atomic E-state index is 0.203. The summed E-state index contributed by atoms with van der Waals surface area (Å²) < 4.78 is 0. The molecule has 0 aromatic heterocycles. The molecule has 0 amide bonds. The number of hydrogen-bond acceptors (Lipinski definition) is 2. The van der Waals surface area contributed by atoms with Gasteiger partial charge in [0.1, 0.15) is 0 Å². The van der Waals surface area contributed by atoms with Gasteiger partial charge in [-0.25, -0.2) is 0 Å². The lowest BCUT2D eigenvalue weighted by molar-refractivity contribution is 0.0203. The van der Waals surface area contributed by atoms with Crippen molar-refractivity contribution in [1.82, 2.24) is 5.32 Å². The molecule has 1 rings (SSSR count). The summed E-state index contributed by atoms with van der Waals surface area (Å²) in [6, 6.07) is 0.203. The lowest BCUT2D eigenvalue weighted by Gasteiger charge is -2.37. The summed E-state index contributed by atoms with van der Waals surface area (Å²) in [6.07, 6.45) is 5.90. The molecule has 1 aliphatic rings. The normalized spacial score (nSPS) is 38.5. The molecule has 2 nitrogen and oxygen atoms in total. The summed E-state index contributed by atoms with van der Waals surface area (Å²) >= 11 is 0. The molecule has 0 saturated heterocycles. The summed E-state index contributed by atoms with van der Waals surface area (Å²) in [7, 11) is 1.89. The van der Waals surface area contributed by atoms with Gasteiger partial charge in [0.05, 0.1) is 5.60 Å². The maximum atomic E-state index is 9.96. The minimum Gasteiger partial charge on any atom is -0.384 e. The molecule has 0 aliphatic heterocycles. The molecule has 0 heterocycles. The average molecular weight is 155 g/mol. The van der Waals surface area contributed by atoms with Gasteiger partial charge in [-0.05, 0) is 19.9 Å². The maximum Gasteiger partial charge on any atom is 0.0977 e. The molecule has 0 bridgehead atoms. The van der Waals surface area contributed by atoms with E-state index >= 15 is 0 Å². The largest absolute Gasteiger partial charge is 0.384 e. The standard InChI is InChI=1S/C9H17NO/c1-3-9(11)7-5-4-6-8(9)10-2/h3,8,10-11H,1,4-7H2,2H3/t8-,9-/m1/s1. The first-order valence-electron chi connectivity index (χ1n) is 4.26. The summed E-state index contributed by atoms with van der Waals surface area (Å²) in [5.41, 5.74) is -0.660. The molecule has 2 heteroatoms. The SMILES string of the molecule is C=C[C@@]1(O)CCCC[C@H]1NC. The summed E-state index contributed by atoms with van der Waals surface area (Å²) in [4.78, 5) is 0. The van der Waals surface area contributed by atoms with Crippen LogP contribution >= 0.6 is 0 Å². The van der Waals surface area contributed by atoms with Crippen molar-refractivity contribution in [3.05, 3.63) is 12.7 Å². The van der Waals surface area contributed by atoms with Gasteiger partial charge in [-0.15, -0.1) is 6.58 Å². The van der Waals surface area contributed by atoms with Crippen LogP contribution in [0.25, 0.3) is 0 Å². The zero-order chi connectivity index (χ0) is 8.32. The van der Waals surface area contributed by atoms with E-state index in [1.807, 2.05) is 7.05 Å². The maximum absolute atomic E-state index is 9.96. The summed E-state index contributed by atoms with van der Waals surface area (Å²) in [5, 5.41) is 13.1. The molecule has 64 valence electrons. The van der Waals surface area contributed by atoms with Crippen LogP contribution < -0.4 is 5.32 Å². The third-order valence-corrected chi connectivity index (χ3v) is 2.63. The van der Waals surface area contributed by atoms with Gasteiger partial charge < -0.3 is 10.4 Å². The minimum atomic E-state index is -0.660. The second kappa shape index (κ2) is 3.37.